The molecular formula is C33H38BrN3O5. The molecule has 1 atom stereocenters. The normalized spacial score (nSPS) is 17.1. The van der Waals surface area contributed by atoms with Crippen LogP contribution < -0.4 is 21.1 Å². The van der Waals surface area contributed by atoms with Gasteiger partial charge in [-0.1, -0.05) is 76.6 Å². The van der Waals surface area contributed by atoms with Gasteiger partial charge < -0.3 is 25.8 Å². The Labute approximate surface area is 255 Å². The lowest BCUT2D eigenvalue weighted by Crippen LogP contribution is -2.50. The van der Waals surface area contributed by atoms with Gasteiger partial charge in [-0.05, 0) is 73.9 Å². The van der Waals surface area contributed by atoms with Gasteiger partial charge in [0.05, 0.1) is 0 Å². The van der Waals surface area contributed by atoms with Gasteiger partial charge in [0.1, 0.15) is 18.4 Å². The number of carbonyl (C=O) groups is 3. The van der Waals surface area contributed by atoms with E-state index in [1.165, 1.54) is 0 Å². The van der Waals surface area contributed by atoms with E-state index in [4.69, 9.17) is 15.2 Å². The molecule has 1 saturated carbocycles. The van der Waals surface area contributed by atoms with Crippen molar-refractivity contribution in [1.29, 1.82) is 0 Å². The predicted octanol–water partition coefficient (Wildman–Crippen LogP) is 5.32. The van der Waals surface area contributed by atoms with Crippen LogP contribution >= 0.6 is 15.9 Å². The van der Waals surface area contributed by atoms with Gasteiger partial charge in [-0.3, -0.25) is 9.59 Å². The van der Waals surface area contributed by atoms with Crippen molar-refractivity contribution < 1.29 is 23.9 Å². The molecule has 0 saturated heterocycles. The Hall–Kier alpha value is -3.69. The average Bonchev–Trinajstić information content (AvgIpc) is 3.01. The third-order valence-corrected chi connectivity index (χ3v) is 8.38. The Morgan fingerprint density at radius 2 is 1.57 bits per heavy atom. The minimum atomic E-state index is -0.814. The summed E-state index contributed by atoms with van der Waals surface area (Å²) in [5, 5.41) is 5.99. The second-order valence-electron chi connectivity index (χ2n) is 10.6. The molecule has 0 unspecified atom stereocenters. The number of hydrogen-bond acceptors (Lipinski definition) is 6. The fourth-order valence-corrected chi connectivity index (χ4v) is 5.46. The molecule has 0 aliphatic heterocycles. The topological polar surface area (TPSA) is 120 Å². The third kappa shape index (κ3) is 9.70. The van der Waals surface area contributed by atoms with Crippen molar-refractivity contribution in [2.75, 3.05) is 13.1 Å². The fraction of sp³-hybridized carbons (Fsp3) is 0.364. The molecule has 0 spiro atoms. The quantitative estimate of drug-likeness (QED) is 0.183. The number of hydrogen-bond donors (Lipinski definition) is 3. The fourth-order valence-electron chi connectivity index (χ4n) is 5.06. The van der Waals surface area contributed by atoms with Crippen LogP contribution in [-0.2, 0) is 33.8 Å². The zero-order valence-corrected chi connectivity index (χ0v) is 25.2. The van der Waals surface area contributed by atoms with Crippen molar-refractivity contribution in [2.45, 2.75) is 51.2 Å². The smallest absolute Gasteiger partial charge is 0.429 e. The van der Waals surface area contributed by atoms with Crippen LogP contribution in [0.5, 0.6) is 5.75 Å². The summed E-state index contributed by atoms with van der Waals surface area (Å²) in [4.78, 5) is 38.6. The summed E-state index contributed by atoms with van der Waals surface area (Å²) in [7, 11) is 0. The first-order valence-corrected chi connectivity index (χ1v) is 15.2. The van der Waals surface area contributed by atoms with Gasteiger partial charge in [0.15, 0.2) is 0 Å². The van der Waals surface area contributed by atoms with Gasteiger partial charge in [-0.15, -0.1) is 0 Å². The molecule has 3 aromatic carbocycles. The number of nitrogens with two attached hydrogens (primary N) is 1. The molecule has 3 aromatic rings. The molecule has 4 rings (SSSR count). The number of benzene rings is 3. The Morgan fingerprint density at radius 1 is 0.881 bits per heavy atom. The molecule has 42 heavy (non-hydrogen) atoms. The van der Waals surface area contributed by atoms with Crippen molar-refractivity contribution in [3.63, 3.8) is 0 Å². The first-order valence-electron chi connectivity index (χ1n) is 14.4. The Balaban J connectivity index is 1.34. The summed E-state index contributed by atoms with van der Waals surface area (Å²) >= 11 is 3.43. The maximum atomic E-state index is 13.2. The van der Waals surface area contributed by atoms with Crippen LogP contribution in [0.25, 0.3) is 0 Å². The highest BCUT2D eigenvalue weighted by molar-refractivity contribution is 9.10. The molecule has 1 fully saturated rings. The summed E-state index contributed by atoms with van der Waals surface area (Å²) in [5.74, 6) is 0.336. The zero-order chi connectivity index (χ0) is 29.7. The molecule has 1 aliphatic carbocycles. The van der Waals surface area contributed by atoms with Crippen LogP contribution in [0.15, 0.2) is 83.3 Å². The van der Waals surface area contributed by atoms with E-state index >= 15 is 0 Å². The molecule has 0 bridgehead atoms. The van der Waals surface area contributed by atoms with E-state index < -0.39 is 12.2 Å². The molecular weight excluding hydrogens is 598 g/mol. The Bertz CT molecular complexity index is 1310. The van der Waals surface area contributed by atoms with Crippen LogP contribution in [0.4, 0.5) is 4.79 Å². The highest BCUT2D eigenvalue weighted by Crippen LogP contribution is 2.28. The monoisotopic (exact) mass is 635 g/mol. The van der Waals surface area contributed by atoms with Gasteiger partial charge in [-0.2, -0.15) is 0 Å². The van der Waals surface area contributed by atoms with Crippen molar-refractivity contribution in [2.24, 2.45) is 17.6 Å². The number of rotatable bonds is 12. The van der Waals surface area contributed by atoms with Crippen LogP contribution in [0.1, 0.15) is 42.4 Å². The van der Waals surface area contributed by atoms with E-state index in [9.17, 15) is 14.4 Å². The lowest BCUT2D eigenvalue weighted by molar-refractivity contribution is -0.131. The maximum Gasteiger partial charge on any atom is 0.514 e. The molecule has 0 heterocycles. The van der Waals surface area contributed by atoms with E-state index in [1.807, 2.05) is 54.6 Å². The summed E-state index contributed by atoms with van der Waals surface area (Å²) in [6.45, 7) is 1.18. The average molecular weight is 637 g/mol. The molecule has 222 valence electrons. The van der Waals surface area contributed by atoms with Gasteiger partial charge in [0, 0.05) is 28.9 Å². The molecule has 8 nitrogen and oxygen atoms in total. The number of ether oxygens (including phenoxy) is 2. The van der Waals surface area contributed by atoms with E-state index in [-0.39, 0.29) is 24.3 Å². The van der Waals surface area contributed by atoms with Crippen LogP contribution in [0, 0.1) is 11.8 Å². The molecule has 0 radical (unpaired) electrons. The van der Waals surface area contributed by atoms with E-state index in [1.54, 1.807) is 24.3 Å². The van der Waals surface area contributed by atoms with Gasteiger partial charge in [0.2, 0.25) is 11.8 Å². The van der Waals surface area contributed by atoms with Gasteiger partial charge in [-0.25, -0.2) is 4.79 Å². The van der Waals surface area contributed by atoms with Crippen molar-refractivity contribution in [3.8, 4) is 5.75 Å². The first kappa shape index (κ1) is 31.3. The summed E-state index contributed by atoms with van der Waals surface area (Å²) in [5.41, 5.74) is 8.58. The molecule has 4 N–H and O–H groups in total. The second kappa shape index (κ2) is 16.1. The number of halogens is 1. The molecule has 2 amide bonds. The Morgan fingerprint density at radius 3 is 2.26 bits per heavy atom. The van der Waals surface area contributed by atoms with Crippen molar-refractivity contribution in [3.05, 3.63) is 100 Å². The molecule has 9 heteroatoms. The lowest BCUT2D eigenvalue weighted by atomic mass is 9.81. The summed E-state index contributed by atoms with van der Waals surface area (Å²) in [6.07, 6.45) is 3.59. The SMILES string of the molecule is NCC1CCC(C(=O)N[C@@H](Cc2ccc(OC(=O)OCc3ccccc3Br)cc2)C(=O)NCCc2ccccc2)CC1. The molecule has 1 aliphatic rings. The van der Waals surface area contributed by atoms with Crippen LogP contribution in [0.3, 0.4) is 0 Å². The number of amides is 2. The largest absolute Gasteiger partial charge is 0.514 e. The first-order chi connectivity index (χ1) is 20.4. The molecule has 0 aromatic heterocycles. The second-order valence-corrected chi connectivity index (χ2v) is 11.5. The standard InChI is InChI=1S/C33H38BrN3O5/c34-29-9-5-4-8-27(29)22-41-33(40)42-28-16-12-24(13-17-28)20-30(32(39)36-19-18-23-6-2-1-3-7-23)37-31(38)26-14-10-25(21-35)11-15-26/h1-9,12-13,16-17,25-26,30H,10-11,14-15,18-22,35H2,(H,36,39)(H,37,38)/t25?,26?,30-/m0/s1. The predicted molar refractivity (Wildman–Crippen MR) is 165 cm³/mol. The highest BCUT2D eigenvalue weighted by Gasteiger charge is 2.29. The van der Waals surface area contributed by atoms with Crippen molar-refractivity contribution >= 4 is 33.9 Å². The maximum absolute atomic E-state index is 13.2. The minimum Gasteiger partial charge on any atom is -0.429 e. The summed E-state index contributed by atoms with van der Waals surface area (Å²) < 4.78 is 11.4. The zero-order valence-electron chi connectivity index (χ0n) is 23.6. The number of carbonyl (C=O) groups excluding carboxylic acids is 3. The van der Waals surface area contributed by atoms with E-state index in [2.05, 4.69) is 26.6 Å². The van der Waals surface area contributed by atoms with Crippen LogP contribution in [-0.4, -0.2) is 37.1 Å². The van der Waals surface area contributed by atoms with Crippen LogP contribution in [0.2, 0.25) is 0 Å². The summed E-state index contributed by atoms with van der Waals surface area (Å²) in [6, 6.07) is 23.5. The number of nitrogens with one attached hydrogen (secondary N) is 2. The van der Waals surface area contributed by atoms with E-state index in [0.29, 0.717) is 37.6 Å². The highest BCUT2D eigenvalue weighted by atomic mass is 79.9. The van der Waals surface area contributed by atoms with Crippen molar-refractivity contribution in [1.82, 2.24) is 10.6 Å². The van der Waals surface area contributed by atoms with Gasteiger partial charge >= 0.3 is 6.16 Å². The Kier molecular flexibility index (Phi) is 12.0. The van der Waals surface area contributed by atoms with Gasteiger partial charge in [0.25, 0.3) is 0 Å². The minimum absolute atomic E-state index is 0.0764. The van der Waals surface area contributed by atoms with E-state index in [0.717, 1.165) is 46.8 Å². The third-order valence-electron chi connectivity index (χ3n) is 7.61. The lowest BCUT2D eigenvalue weighted by Gasteiger charge is -2.28.